The first-order chi connectivity index (χ1) is 17.1. The van der Waals surface area contributed by atoms with Gasteiger partial charge in [-0.05, 0) is 60.9 Å². The van der Waals surface area contributed by atoms with Crippen molar-refractivity contribution < 1.29 is 9.18 Å². The second-order valence-electron chi connectivity index (χ2n) is 10.6. The number of hydrogen-bond donors (Lipinski definition) is 0. The van der Waals surface area contributed by atoms with Gasteiger partial charge in [-0.1, -0.05) is 46.1 Å². The second kappa shape index (κ2) is 9.88. The third-order valence-electron chi connectivity index (χ3n) is 8.21. The summed E-state index contributed by atoms with van der Waals surface area (Å²) in [5.74, 6) is 0.797. The summed E-state index contributed by atoms with van der Waals surface area (Å²) >= 11 is 0. The van der Waals surface area contributed by atoms with E-state index in [1.165, 1.54) is 12.3 Å². The highest BCUT2D eigenvalue weighted by Gasteiger charge is 2.58. The van der Waals surface area contributed by atoms with Gasteiger partial charge in [0.1, 0.15) is 11.6 Å². The number of hydrogen-bond acceptors (Lipinski definition) is 5. The van der Waals surface area contributed by atoms with Crippen molar-refractivity contribution in [3.05, 3.63) is 90.4 Å². The maximum absolute atomic E-state index is 14.5. The van der Waals surface area contributed by atoms with Crippen molar-refractivity contribution in [3.63, 3.8) is 0 Å². The van der Waals surface area contributed by atoms with E-state index in [0.29, 0.717) is 24.4 Å². The Bertz CT molecular complexity index is 1240. The van der Waals surface area contributed by atoms with Crippen LogP contribution in [0, 0.1) is 29.5 Å². The molecule has 6 nitrogen and oxygen atoms in total. The molecule has 0 N–H and O–H groups in total. The van der Waals surface area contributed by atoms with Crippen LogP contribution in [0.4, 0.5) is 4.39 Å². The molecule has 0 radical (unpaired) electrons. The molecular weight excluding hydrogens is 453 g/mol. The van der Waals surface area contributed by atoms with E-state index in [9.17, 15) is 9.18 Å². The highest BCUT2D eigenvalue weighted by molar-refractivity contribution is 5.85. The van der Waals surface area contributed by atoms with E-state index in [1.807, 2.05) is 17.9 Å². The van der Waals surface area contributed by atoms with Crippen LogP contribution in [0.25, 0.3) is 5.70 Å². The van der Waals surface area contributed by atoms with E-state index in [2.05, 4.69) is 54.1 Å². The molecule has 1 saturated heterocycles. The van der Waals surface area contributed by atoms with Crippen molar-refractivity contribution in [2.75, 3.05) is 13.1 Å². The average Bonchev–Trinajstić information content (AvgIpc) is 3.05. The van der Waals surface area contributed by atoms with Gasteiger partial charge < -0.3 is 4.90 Å². The number of amides is 1. The zero-order valence-corrected chi connectivity index (χ0v) is 21.5. The largest absolute Gasteiger partial charge is 0.341 e. The summed E-state index contributed by atoms with van der Waals surface area (Å²) in [6, 6.07) is 8.34. The minimum atomic E-state index is -0.548. The summed E-state index contributed by atoms with van der Waals surface area (Å²) in [6.07, 6.45) is 6.45. The summed E-state index contributed by atoms with van der Waals surface area (Å²) in [7, 11) is 0. The molecule has 1 aromatic heterocycles. The minimum Gasteiger partial charge on any atom is -0.341 e. The third kappa shape index (κ3) is 4.54. The van der Waals surface area contributed by atoms with Crippen molar-refractivity contribution in [3.8, 4) is 0 Å². The summed E-state index contributed by atoms with van der Waals surface area (Å²) in [6.45, 7) is 17.5. The second-order valence-corrected chi connectivity index (χ2v) is 10.6. The van der Waals surface area contributed by atoms with Crippen LogP contribution in [0.15, 0.2) is 77.8 Å². The summed E-state index contributed by atoms with van der Waals surface area (Å²) in [5, 5.41) is 8.06. The number of aryl methyl sites for hydroxylation is 1. The average molecular weight is 488 g/mol. The predicted octanol–water partition coefficient (Wildman–Crippen LogP) is 6.49. The number of allylic oxidation sites excluding steroid dienone is 2. The van der Waals surface area contributed by atoms with E-state index in [1.54, 1.807) is 30.5 Å². The highest BCUT2D eigenvalue weighted by atomic mass is 19.1. The molecule has 2 aliphatic rings. The van der Waals surface area contributed by atoms with E-state index < -0.39 is 5.41 Å². The number of azo groups is 1. The molecule has 1 aromatic carbocycles. The van der Waals surface area contributed by atoms with Crippen LogP contribution in [-0.2, 0) is 4.79 Å². The molecule has 1 amide bonds. The molecule has 2 aromatic rings. The van der Waals surface area contributed by atoms with Crippen molar-refractivity contribution in [1.29, 1.82) is 0 Å². The van der Waals surface area contributed by atoms with Gasteiger partial charge in [-0.15, -0.1) is 0 Å². The fraction of sp³-hybridized carbons (Fsp3) is 0.414. The van der Waals surface area contributed by atoms with Gasteiger partial charge in [-0.2, -0.15) is 10.2 Å². The Balaban J connectivity index is 1.53. The van der Waals surface area contributed by atoms with E-state index >= 15 is 0 Å². The van der Waals surface area contributed by atoms with E-state index in [0.717, 1.165) is 29.9 Å². The molecule has 1 saturated carbocycles. The van der Waals surface area contributed by atoms with Crippen molar-refractivity contribution in [1.82, 2.24) is 14.9 Å². The monoisotopic (exact) mass is 487 g/mol. The maximum atomic E-state index is 14.5. The molecule has 36 heavy (non-hydrogen) atoms. The van der Waals surface area contributed by atoms with Gasteiger partial charge >= 0.3 is 0 Å². The first kappa shape index (κ1) is 25.6. The highest BCUT2D eigenvalue weighted by Crippen LogP contribution is 2.59. The minimum absolute atomic E-state index is 0.0318. The molecular formula is C29H34FN5O. The Hall–Kier alpha value is -3.48. The molecule has 2 fully saturated rings. The van der Waals surface area contributed by atoms with E-state index in [-0.39, 0.29) is 29.0 Å². The lowest BCUT2D eigenvalue weighted by Gasteiger charge is -2.48. The zero-order valence-electron chi connectivity index (χ0n) is 21.5. The summed E-state index contributed by atoms with van der Waals surface area (Å²) in [4.78, 5) is 24.6. The molecule has 1 unspecified atom stereocenters. The van der Waals surface area contributed by atoms with Gasteiger partial charge in [-0.25, -0.2) is 14.4 Å². The fourth-order valence-corrected chi connectivity index (χ4v) is 5.56. The molecule has 4 rings (SSSR count). The van der Waals surface area contributed by atoms with Crippen LogP contribution < -0.4 is 0 Å². The molecule has 2 atom stereocenters. The molecule has 7 heteroatoms. The van der Waals surface area contributed by atoms with Crippen LogP contribution in [0.5, 0.6) is 0 Å². The molecule has 0 spiro atoms. The number of nitrogens with zero attached hydrogens (tertiary/aromatic N) is 5. The number of rotatable bonds is 7. The zero-order chi connectivity index (χ0) is 26.1. The molecule has 1 aliphatic carbocycles. The topological polar surface area (TPSA) is 70.8 Å². The predicted molar refractivity (Wildman–Crippen MR) is 139 cm³/mol. The number of aromatic nitrogens is 2. The first-order valence-electron chi connectivity index (χ1n) is 12.3. The van der Waals surface area contributed by atoms with Gasteiger partial charge in [0.2, 0.25) is 5.91 Å². The molecule has 188 valence electrons. The Kier molecular flexibility index (Phi) is 7.03. The first-order valence-corrected chi connectivity index (χ1v) is 12.3. The van der Waals surface area contributed by atoms with Gasteiger partial charge in [-0.3, -0.25) is 4.79 Å². The maximum Gasteiger partial charge on any atom is 0.229 e. The fourth-order valence-electron chi connectivity index (χ4n) is 5.56. The number of carbonyl (C=O) groups is 1. The summed E-state index contributed by atoms with van der Waals surface area (Å²) in [5.41, 5.74) is 1.57. The van der Waals surface area contributed by atoms with Gasteiger partial charge in [0.05, 0.1) is 17.0 Å². The molecule has 2 heterocycles. The SMILES string of the molecule is C=C/N=N\C(=C/C(=C)[C@@H]1CCC(C)(C(=O)N2CC(c3nccc(C)n3)C2)C1(C)C)c1ccccc1F. The Morgan fingerprint density at radius 3 is 2.61 bits per heavy atom. The Labute approximate surface area is 212 Å². The molecule has 1 aliphatic heterocycles. The van der Waals surface area contributed by atoms with Crippen LogP contribution in [0.3, 0.4) is 0 Å². The van der Waals surface area contributed by atoms with Gasteiger partial charge in [0.15, 0.2) is 0 Å². The Morgan fingerprint density at radius 2 is 1.94 bits per heavy atom. The number of benzene rings is 1. The van der Waals surface area contributed by atoms with E-state index in [4.69, 9.17) is 0 Å². The number of likely N-dealkylation sites (tertiary alicyclic amines) is 1. The normalized spacial score (nSPS) is 24.1. The number of carbonyl (C=O) groups excluding carboxylic acids is 1. The van der Waals surface area contributed by atoms with Crippen LogP contribution in [-0.4, -0.2) is 33.9 Å². The summed E-state index contributed by atoms with van der Waals surface area (Å²) < 4.78 is 14.5. The number of halogens is 1. The third-order valence-corrected chi connectivity index (χ3v) is 8.21. The van der Waals surface area contributed by atoms with Crippen molar-refractivity contribution >= 4 is 11.6 Å². The smallest absolute Gasteiger partial charge is 0.229 e. The lowest BCUT2D eigenvalue weighted by atomic mass is 9.63. The Morgan fingerprint density at radius 1 is 1.22 bits per heavy atom. The standard InChI is InChI=1S/C29H34FN5O/c1-7-32-34-25(22-10-8-9-11-24(22)30)16-19(2)23-12-14-29(6,28(23,4)5)27(36)35-17-21(18-35)26-31-15-13-20(3)33-26/h7-11,13,15-16,21,23H,1-2,12,14,17-18H2,3-6H3/b25-16-,34-32-/t23-,29?/m0/s1. The quantitative estimate of drug-likeness (QED) is 0.331. The van der Waals surface area contributed by atoms with Crippen molar-refractivity contribution in [2.45, 2.75) is 46.5 Å². The van der Waals surface area contributed by atoms with Crippen LogP contribution in [0.1, 0.15) is 56.6 Å². The lowest BCUT2D eigenvalue weighted by molar-refractivity contribution is -0.152. The van der Waals surface area contributed by atoms with Crippen LogP contribution in [0.2, 0.25) is 0 Å². The lowest BCUT2D eigenvalue weighted by Crippen LogP contribution is -2.56. The van der Waals surface area contributed by atoms with Crippen molar-refractivity contribution in [2.24, 2.45) is 27.0 Å². The van der Waals surface area contributed by atoms with Gasteiger partial charge in [0, 0.05) is 36.7 Å². The van der Waals surface area contributed by atoms with Gasteiger partial charge in [0.25, 0.3) is 0 Å². The molecule has 0 bridgehead atoms. The van der Waals surface area contributed by atoms with Crippen LogP contribution >= 0.6 is 0 Å².